The van der Waals surface area contributed by atoms with E-state index >= 15 is 0 Å². The maximum atomic E-state index is 5.67. The number of aromatic nitrogens is 2. The normalized spacial score (nSPS) is 19.5. The van der Waals surface area contributed by atoms with Crippen LogP contribution in [0.4, 0.5) is 11.6 Å². The number of nitrogens with zero attached hydrogens (tertiary/aromatic N) is 3. The Bertz CT molecular complexity index is 412. The number of nitrogens with one attached hydrogen (secondary N) is 1. The van der Waals surface area contributed by atoms with E-state index in [1.807, 2.05) is 13.0 Å². The van der Waals surface area contributed by atoms with Gasteiger partial charge in [0, 0.05) is 32.2 Å². The predicted molar refractivity (Wildman–Crippen MR) is 76.6 cm³/mol. The molecule has 0 amide bonds. The summed E-state index contributed by atoms with van der Waals surface area (Å²) in [6, 6.07) is 2.00. The Balaban J connectivity index is 2.11. The van der Waals surface area contributed by atoms with Gasteiger partial charge in [0.25, 0.3) is 0 Å². The van der Waals surface area contributed by atoms with Crippen molar-refractivity contribution in [1.29, 1.82) is 0 Å². The van der Waals surface area contributed by atoms with E-state index < -0.39 is 0 Å². The fourth-order valence-corrected chi connectivity index (χ4v) is 2.13. The Morgan fingerprint density at radius 1 is 1.53 bits per heavy atom. The van der Waals surface area contributed by atoms with E-state index in [2.05, 4.69) is 27.1 Å². The van der Waals surface area contributed by atoms with E-state index in [0.29, 0.717) is 13.2 Å². The van der Waals surface area contributed by atoms with Crippen molar-refractivity contribution in [1.82, 2.24) is 9.97 Å². The lowest BCUT2D eigenvalue weighted by molar-refractivity contribution is 0.0463. The number of hydrogen-bond donors (Lipinski definition) is 2. The molecule has 6 nitrogen and oxygen atoms in total. The summed E-state index contributed by atoms with van der Waals surface area (Å²) in [5.74, 6) is 2.62. The van der Waals surface area contributed by atoms with Gasteiger partial charge in [-0.1, -0.05) is 6.92 Å². The summed E-state index contributed by atoms with van der Waals surface area (Å²) in [6.45, 7) is 7.85. The molecule has 1 aromatic rings. The Morgan fingerprint density at radius 3 is 3.11 bits per heavy atom. The Morgan fingerprint density at radius 2 is 2.37 bits per heavy atom. The molecule has 2 rings (SSSR count). The van der Waals surface area contributed by atoms with Gasteiger partial charge in [0.1, 0.15) is 17.5 Å². The van der Waals surface area contributed by atoms with Crippen molar-refractivity contribution in [3.8, 4) is 0 Å². The minimum absolute atomic E-state index is 0.0936. The number of aryl methyl sites for hydroxylation is 1. The number of hydrogen-bond acceptors (Lipinski definition) is 6. The zero-order valence-electron chi connectivity index (χ0n) is 11.7. The molecular weight excluding hydrogens is 242 g/mol. The molecule has 1 fully saturated rings. The molecule has 1 atom stereocenters. The maximum absolute atomic E-state index is 5.67. The third kappa shape index (κ3) is 3.78. The second-order valence-electron chi connectivity index (χ2n) is 4.76. The molecule has 0 spiro atoms. The highest BCUT2D eigenvalue weighted by atomic mass is 16.5. The van der Waals surface area contributed by atoms with Crippen molar-refractivity contribution < 1.29 is 4.74 Å². The van der Waals surface area contributed by atoms with Crippen LogP contribution in [0.5, 0.6) is 0 Å². The highest BCUT2D eigenvalue weighted by Crippen LogP contribution is 2.18. The van der Waals surface area contributed by atoms with E-state index in [1.54, 1.807) is 0 Å². The summed E-state index contributed by atoms with van der Waals surface area (Å²) >= 11 is 0. The van der Waals surface area contributed by atoms with Crippen molar-refractivity contribution in [2.24, 2.45) is 5.73 Å². The summed E-state index contributed by atoms with van der Waals surface area (Å²) in [5, 5.41) is 3.31. The van der Waals surface area contributed by atoms with Crippen molar-refractivity contribution in [2.45, 2.75) is 26.4 Å². The highest BCUT2D eigenvalue weighted by molar-refractivity contribution is 5.49. The summed E-state index contributed by atoms with van der Waals surface area (Å²) in [7, 11) is 0. The Hall–Kier alpha value is -1.40. The van der Waals surface area contributed by atoms with Gasteiger partial charge in [0.2, 0.25) is 0 Å². The van der Waals surface area contributed by atoms with Gasteiger partial charge in [0.15, 0.2) is 0 Å². The molecule has 1 saturated heterocycles. The first-order valence-corrected chi connectivity index (χ1v) is 6.89. The summed E-state index contributed by atoms with van der Waals surface area (Å²) in [4.78, 5) is 11.1. The van der Waals surface area contributed by atoms with Crippen molar-refractivity contribution in [3.63, 3.8) is 0 Å². The first kappa shape index (κ1) is 14.0. The largest absolute Gasteiger partial charge is 0.373 e. The van der Waals surface area contributed by atoms with E-state index in [1.165, 1.54) is 0 Å². The molecule has 19 heavy (non-hydrogen) atoms. The van der Waals surface area contributed by atoms with Crippen LogP contribution in [0.2, 0.25) is 0 Å². The van der Waals surface area contributed by atoms with Crippen LogP contribution in [0.3, 0.4) is 0 Å². The third-order valence-corrected chi connectivity index (χ3v) is 3.11. The summed E-state index contributed by atoms with van der Waals surface area (Å²) < 4.78 is 5.58. The molecule has 6 heteroatoms. The van der Waals surface area contributed by atoms with Crippen molar-refractivity contribution >= 4 is 11.6 Å². The molecule has 0 aliphatic carbocycles. The first-order valence-electron chi connectivity index (χ1n) is 6.89. The van der Waals surface area contributed by atoms with Gasteiger partial charge in [-0.05, 0) is 13.3 Å². The van der Waals surface area contributed by atoms with Crippen LogP contribution in [-0.4, -0.2) is 48.9 Å². The number of morpholine rings is 1. The molecule has 0 bridgehead atoms. The number of nitrogens with two attached hydrogens (primary N) is 1. The average molecular weight is 265 g/mol. The average Bonchev–Trinajstić information content (AvgIpc) is 2.44. The van der Waals surface area contributed by atoms with E-state index in [0.717, 1.165) is 43.5 Å². The lowest BCUT2D eigenvalue weighted by Gasteiger charge is -2.33. The van der Waals surface area contributed by atoms with Crippen LogP contribution in [-0.2, 0) is 4.74 Å². The quantitative estimate of drug-likeness (QED) is 0.819. The zero-order chi connectivity index (χ0) is 13.7. The predicted octanol–water partition coefficient (Wildman–Crippen LogP) is 0.771. The van der Waals surface area contributed by atoms with Gasteiger partial charge >= 0.3 is 0 Å². The topological polar surface area (TPSA) is 76.3 Å². The molecule has 1 aliphatic rings. The molecule has 0 radical (unpaired) electrons. The van der Waals surface area contributed by atoms with Gasteiger partial charge in [-0.25, -0.2) is 9.97 Å². The van der Waals surface area contributed by atoms with Gasteiger partial charge in [-0.2, -0.15) is 0 Å². The second-order valence-corrected chi connectivity index (χ2v) is 4.76. The van der Waals surface area contributed by atoms with E-state index in [9.17, 15) is 0 Å². The van der Waals surface area contributed by atoms with Crippen LogP contribution in [0.15, 0.2) is 6.07 Å². The van der Waals surface area contributed by atoms with Crippen LogP contribution >= 0.6 is 0 Å². The van der Waals surface area contributed by atoms with Crippen LogP contribution in [0.1, 0.15) is 19.2 Å². The second kappa shape index (κ2) is 6.68. The highest BCUT2D eigenvalue weighted by Gasteiger charge is 2.20. The smallest absolute Gasteiger partial charge is 0.134 e. The summed E-state index contributed by atoms with van der Waals surface area (Å²) in [6.07, 6.45) is 1.17. The van der Waals surface area contributed by atoms with Gasteiger partial charge < -0.3 is 20.7 Å². The maximum Gasteiger partial charge on any atom is 0.134 e. The van der Waals surface area contributed by atoms with Crippen molar-refractivity contribution in [2.75, 3.05) is 43.0 Å². The molecular formula is C13H23N5O. The summed E-state index contributed by atoms with van der Waals surface area (Å²) in [5.41, 5.74) is 5.67. The molecule has 2 heterocycles. The molecule has 3 N–H and O–H groups in total. The fraction of sp³-hybridized carbons (Fsp3) is 0.692. The Labute approximate surface area is 114 Å². The van der Waals surface area contributed by atoms with Crippen LogP contribution in [0, 0.1) is 6.92 Å². The van der Waals surface area contributed by atoms with Gasteiger partial charge in [-0.15, -0.1) is 0 Å². The molecule has 1 aliphatic heterocycles. The van der Waals surface area contributed by atoms with Gasteiger partial charge in [-0.3, -0.25) is 0 Å². The molecule has 106 valence electrons. The monoisotopic (exact) mass is 265 g/mol. The molecule has 1 aromatic heterocycles. The van der Waals surface area contributed by atoms with Crippen LogP contribution in [0.25, 0.3) is 0 Å². The van der Waals surface area contributed by atoms with E-state index in [-0.39, 0.29) is 6.10 Å². The van der Waals surface area contributed by atoms with E-state index in [4.69, 9.17) is 10.5 Å². The lowest BCUT2D eigenvalue weighted by Crippen LogP contribution is -2.46. The standard InChI is InChI=1S/C13H23N5O/c1-3-4-15-12-7-13(17-10(2)16-12)18-5-6-19-11(8-14)9-18/h7,11H,3-6,8-9,14H2,1-2H3,(H,15,16,17). The van der Waals surface area contributed by atoms with Crippen LogP contribution < -0.4 is 16.0 Å². The van der Waals surface area contributed by atoms with Crippen molar-refractivity contribution in [3.05, 3.63) is 11.9 Å². The molecule has 0 saturated carbocycles. The SMILES string of the molecule is CCCNc1cc(N2CCOC(CN)C2)nc(C)n1. The fourth-order valence-electron chi connectivity index (χ4n) is 2.13. The number of anilines is 2. The molecule has 0 aromatic carbocycles. The molecule has 1 unspecified atom stereocenters. The Kier molecular flexibility index (Phi) is 4.93. The first-order chi connectivity index (χ1) is 9.22. The minimum Gasteiger partial charge on any atom is -0.373 e. The zero-order valence-corrected chi connectivity index (χ0v) is 11.7. The number of rotatable bonds is 5. The minimum atomic E-state index is 0.0936. The third-order valence-electron chi connectivity index (χ3n) is 3.11. The lowest BCUT2D eigenvalue weighted by atomic mass is 10.2. The number of ether oxygens (including phenoxy) is 1. The van der Waals surface area contributed by atoms with Gasteiger partial charge in [0.05, 0.1) is 12.7 Å².